The second-order valence-electron chi connectivity index (χ2n) is 6.12. The van der Waals surface area contributed by atoms with Gasteiger partial charge >= 0.3 is 11.1 Å². The van der Waals surface area contributed by atoms with Gasteiger partial charge in [0.1, 0.15) is 0 Å². The molecule has 1 atom stereocenters. The Morgan fingerprint density at radius 1 is 1.07 bits per heavy atom. The Morgan fingerprint density at radius 3 is 2.52 bits per heavy atom. The molecule has 3 heterocycles. The molecule has 3 N–H and O–H groups in total. The summed E-state index contributed by atoms with van der Waals surface area (Å²) in [6.07, 6.45) is 4.14. The number of thiophene rings is 1. The normalized spacial score (nSPS) is 12.1. The lowest BCUT2D eigenvalue weighted by atomic mass is 10.1. The third-order valence-corrected chi connectivity index (χ3v) is 5.00. The summed E-state index contributed by atoms with van der Waals surface area (Å²) in [6, 6.07) is 10.7. The molecule has 0 fully saturated rings. The molecule has 0 aliphatic rings. The predicted molar refractivity (Wildman–Crippen MR) is 105 cm³/mol. The smallest absolute Gasteiger partial charge is 0.314 e. The lowest BCUT2D eigenvalue weighted by Gasteiger charge is -2.18. The number of nitrogens with one attached hydrogen (secondary N) is 3. The van der Waals surface area contributed by atoms with Crippen LogP contribution in [-0.4, -0.2) is 20.4 Å². The van der Waals surface area contributed by atoms with Crippen LogP contribution in [0, 0.1) is 0 Å². The number of aromatic nitrogens is 3. The van der Waals surface area contributed by atoms with Gasteiger partial charge in [-0.15, -0.1) is 0 Å². The van der Waals surface area contributed by atoms with Crippen LogP contribution in [0.5, 0.6) is 0 Å². The molecule has 4 rings (SSSR count). The highest BCUT2D eigenvalue weighted by Gasteiger charge is 2.18. The van der Waals surface area contributed by atoms with E-state index in [0.29, 0.717) is 16.7 Å². The Morgan fingerprint density at radius 2 is 1.81 bits per heavy atom. The molecule has 136 valence electrons. The molecule has 0 radical (unpaired) electrons. The Hall–Kier alpha value is -3.39. The van der Waals surface area contributed by atoms with Crippen LogP contribution in [0.3, 0.4) is 0 Å². The fraction of sp³-hybridized carbons (Fsp3) is 0.105. The summed E-state index contributed by atoms with van der Waals surface area (Å²) in [5.74, 6) is -0.147. The van der Waals surface area contributed by atoms with Gasteiger partial charge in [0.2, 0.25) is 5.91 Å². The highest BCUT2D eigenvalue weighted by atomic mass is 32.1. The maximum absolute atomic E-state index is 12.6. The number of hydrogen-bond donors (Lipinski definition) is 3. The quantitative estimate of drug-likeness (QED) is 0.464. The monoisotopic (exact) mass is 380 g/mol. The lowest BCUT2D eigenvalue weighted by molar-refractivity contribution is -0.116. The zero-order chi connectivity index (χ0) is 18.8. The van der Waals surface area contributed by atoms with Crippen LogP contribution in [0.4, 0.5) is 5.69 Å². The van der Waals surface area contributed by atoms with Gasteiger partial charge in [0.15, 0.2) is 0 Å². The molecule has 1 aromatic carbocycles. The average molecular weight is 380 g/mol. The highest BCUT2D eigenvalue weighted by molar-refractivity contribution is 7.08. The van der Waals surface area contributed by atoms with Crippen molar-refractivity contribution in [1.29, 1.82) is 0 Å². The van der Waals surface area contributed by atoms with Crippen LogP contribution in [-0.2, 0) is 4.79 Å². The fourth-order valence-corrected chi connectivity index (χ4v) is 3.70. The average Bonchev–Trinajstić information content (AvgIpc) is 3.35. The third-order valence-electron chi connectivity index (χ3n) is 4.30. The van der Waals surface area contributed by atoms with Crippen LogP contribution in [0.25, 0.3) is 11.0 Å². The van der Waals surface area contributed by atoms with Gasteiger partial charge in [-0.25, -0.2) is 0 Å². The first-order chi connectivity index (χ1) is 13.1. The number of carbonyl (C=O) groups is 1. The van der Waals surface area contributed by atoms with Crippen molar-refractivity contribution in [2.24, 2.45) is 0 Å². The SMILES string of the molecule is O=C(C[C@H](c1ccsc1)n1cccc1)Nc1ccc2[nH]c(=O)c(=O)[nH]c2c1. The molecule has 0 aliphatic heterocycles. The molecule has 3 aromatic heterocycles. The van der Waals surface area contributed by atoms with Gasteiger partial charge in [0.05, 0.1) is 23.5 Å². The van der Waals surface area contributed by atoms with Gasteiger partial charge in [0.25, 0.3) is 0 Å². The summed E-state index contributed by atoms with van der Waals surface area (Å²) in [5.41, 5.74) is 1.15. The van der Waals surface area contributed by atoms with Gasteiger partial charge < -0.3 is 19.9 Å². The van der Waals surface area contributed by atoms with Gasteiger partial charge in [0, 0.05) is 18.1 Å². The number of amides is 1. The van der Waals surface area contributed by atoms with Crippen LogP contribution < -0.4 is 16.4 Å². The van der Waals surface area contributed by atoms with Crippen molar-refractivity contribution in [2.45, 2.75) is 12.5 Å². The number of hydrogen-bond acceptors (Lipinski definition) is 4. The minimum Gasteiger partial charge on any atom is -0.346 e. The van der Waals surface area contributed by atoms with Crippen LogP contribution in [0.15, 0.2) is 69.1 Å². The van der Waals surface area contributed by atoms with E-state index in [1.54, 1.807) is 29.5 Å². The van der Waals surface area contributed by atoms with E-state index in [4.69, 9.17) is 0 Å². The molecule has 0 unspecified atom stereocenters. The van der Waals surface area contributed by atoms with Crippen LogP contribution in [0.2, 0.25) is 0 Å². The molecule has 0 aliphatic carbocycles. The van der Waals surface area contributed by atoms with Gasteiger partial charge in [-0.3, -0.25) is 14.4 Å². The second kappa shape index (κ2) is 7.08. The van der Waals surface area contributed by atoms with Crippen molar-refractivity contribution >= 4 is 34.0 Å². The summed E-state index contributed by atoms with van der Waals surface area (Å²) in [7, 11) is 0. The van der Waals surface area contributed by atoms with Crippen molar-refractivity contribution < 1.29 is 4.79 Å². The van der Waals surface area contributed by atoms with E-state index in [1.807, 2.05) is 45.9 Å². The Bertz CT molecular complexity index is 1160. The zero-order valence-electron chi connectivity index (χ0n) is 14.1. The van der Waals surface area contributed by atoms with Crippen molar-refractivity contribution in [2.75, 3.05) is 5.32 Å². The molecule has 0 bridgehead atoms. The van der Waals surface area contributed by atoms with Crippen molar-refractivity contribution in [3.63, 3.8) is 0 Å². The van der Waals surface area contributed by atoms with Gasteiger partial charge in [-0.1, -0.05) is 0 Å². The highest BCUT2D eigenvalue weighted by Crippen LogP contribution is 2.25. The Labute approximate surface area is 157 Å². The minimum absolute atomic E-state index is 0.0946. The summed E-state index contributed by atoms with van der Waals surface area (Å²) in [6.45, 7) is 0. The van der Waals surface area contributed by atoms with Crippen molar-refractivity contribution in [3.05, 3.63) is 85.8 Å². The molecular formula is C19H16N4O3S. The summed E-state index contributed by atoms with van der Waals surface area (Å²) in [4.78, 5) is 40.5. The van der Waals surface area contributed by atoms with Crippen molar-refractivity contribution in [3.8, 4) is 0 Å². The van der Waals surface area contributed by atoms with Crippen LogP contribution >= 0.6 is 11.3 Å². The number of anilines is 1. The summed E-state index contributed by atoms with van der Waals surface area (Å²) < 4.78 is 2.00. The minimum atomic E-state index is -0.726. The first kappa shape index (κ1) is 17.0. The van der Waals surface area contributed by atoms with Crippen molar-refractivity contribution in [1.82, 2.24) is 14.5 Å². The fourth-order valence-electron chi connectivity index (χ4n) is 3.00. The number of aromatic amines is 2. The number of carbonyl (C=O) groups excluding carboxylic acids is 1. The van der Waals surface area contributed by atoms with Crippen LogP contribution in [0.1, 0.15) is 18.0 Å². The largest absolute Gasteiger partial charge is 0.346 e. The van der Waals surface area contributed by atoms with E-state index in [2.05, 4.69) is 15.3 Å². The molecule has 7 nitrogen and oxygen atoms in total. The third kappa shape index (κ3) is 3.61. The maximum atomic E-state index is 12.6. The number of H-pyrrole nitrogens is 2. The zero-order valence-corrected chi connectivity index (χ0v) is 15.0. The molecule has 27 heavy (non-hydrogen) atoms. The number of nitrogens with zero attached hydrogens (tertiary/aromatic N) is 1. The number of rotatable bonds is 5. The Balaban J connectivity index is 1.56. The first-order valence-electron chi connectivity index (χ1n) is 8.31. The van der Waals surface area contributed by atoms with Gasteiger partial charge in [-0.2, -0.15) is 11.3 Å². The predicted octanol–water partition coefficient (Wildman–Crippen LogP) is 2.70. The summed E-state index contributed by atoms with van der Waals surface area (Å²) >= 11 is 1.59. The van der Waals surface area contributed by atoms with E-state index in [-0.39, 0.29) is 18.4 Å². The Kier molecular flexibility index (Phi) is 4.47. The topological polar surface area (TPSA) is 99.8 Å². The number of fused-ring (bicyclic) bond motifs is 1. The molecule has 0 saturated heterocycles. The molecule has 4 aromatic rings. The molecule has 0 saturated carbocycles. The second-order valence-corrected chi connectivity index (χ2v) is 6.90. The summed E-state index contributed by atoms with van der Waals surface area (Å²) in [5, 5.41) is 6.89. The van der Waals surface area contributed by atoms with E-state index in [9.17, 15) is 14.4 Å². The molecule has 8 heteroatoms. The lowest BCUT2D eigenvalue weighted by Crippen LogP contribution is -2.28. The van der Waals surface area contributed by atoms with E-state index >= 15 is 0 Å². The van der Waals surface area contributed by atoms with Gasteiger partial charge in [-0.05, 0) is 52.7 Å². The molecule has 0 spiro atoms. The van der Waals surface area contributed by atoms with E-state index < -0.39 is 11.1 Å². The standard InChI is InChI=1S/C19H16N4O3S/c24-17(10-16(12-5-8-27-11-12)23-6-1-2-7-23)20-13-3-4-14-15(9-13)22-19(26)18(25)21-14/h1-9,11,16H,10H2,(H,20,24)(H,21,25)(H,22,26)/t16-/m1/s1. The molecular weight excluding hydrogens is 364 g/mol. The molecule has 1 amide bonds. The number of benzene rings is 1. The maximum Gasteiger partial charge on any atom is 0.314 e. The van der Waals surface area contributed by atoms with E-state index in [0.717, 1.165) is 5.56 Å². The van der Waals surface area contributed by atoms with E-state index in [1.165, 1.54) is 0 Å². The first-order valence-corrected chi connectivity index (χ1v) is 9.25.